The number of primary amides is 1. The summed E-state index contributed by atoms with van der Waals surface area (Å²) < 4.78 is 0. The molecule has 0 radical (unpaired) electrons. The van der Waals surface area contributed by atoms with Crippen LogP contribution in [0.4, 0.5) is 0 Å². The molecule has 31 heavy (non-hydrogen) atoms. The second-order valence-electron chi connectivity index (χ2n) is 9.93. The molecule has 1 aliphatic carbocycles. The lowest BCUT2D eigenvalue weighted by atomic mass is 9.73. The van der Waals surface area contributed by atoms with Gasteiger partial charge in [-0.1, -0.05) is 43.5 Å². The lowest BCUT2D eigenvalue weighted by Gasteiger charge is -2.33. The smallest absolute Gasteiger partial charge is 0.221 e. The molecule has 170 valence electrons. The summed E-state index contributed by atoms with van der Waals surface area (Å²) in [6.07, 6.45) is 10.2. The molecule has 0 bridgehead atoms. The summed E-state index contributed by atoms with van der Waals surface area (Å²) in [5.74, 6) is 0.869. The van der Waals surface area contributed by atoms with Gasteiger partial charge in [0.15, 0.2) is 5.96 Å². The van der Waals surface area contributed by atoms with Gasteiger partial charge >= 0.3 is 0 Å². The number of nitrogens with zero attached hydrogens (tertiary/aromatic N) is 3. The van der Waals surface area contributed by atoms with Crippen molar-refractivity contribution in [1.82, 2.24) is 15.1 Å². The van der Waals surface area contributed by atoms with Gasteiger partial charge in [0.05, 0.1) is 5.92 Å². The van der Waals surface area contributed by atoms with Crippen molar-refractivity contribution in [2.24, 2.45) is 22.1 Å². The number of carbonyl (C=O) groups excluding carboxylic acids is 1. The van der Waals surface area contributed by atoms with Gasteiger partial charge in [-0.2, -0.15) is 0 Å². The first-order valence-electron chi connectivity index (χ1n) is 12.1. The SMILES string of the molecule is CN=C(NCc1cccc(CN2CCCC(C(N)=O)C2)c1)N1CCC2(CCCCC2)C1. The first-order valence-corrected chi connectivity index (χ1v) is 12.1. The van der Waals surface area contributed by atoms with Crippen molar-refractivity contribution in [2.45, 2.75) is 64.5 Å². The molecule has 3 aliphatic rings. The molecule has 1 unspecified atom stereocenters. The Hall–Kier alpha value is -2.08. The van der Waals surface area contributed by atoms with Crippen molar-refractivity contribution in [1.29, 1.82) is 0 Å². The highest BCUT2D eigenvalue weighted by Crippen LogP contribution is 2.43. The average molecular weight is 426 g/mol. The topological polar surface area (TPSA) is 74.0 Å². The van der Waals surface area contributed by atoms with Crippen molar-refractivity contribution in [3.05, 3.63) is 35.4 Å². The van der Waals surface area contributed by atoms with Crippen LogP contribution >= 0.6 is 0 Å². The molecule has 2 heterocycles. The number of nitrogens with one attached hydrogen (secondary N) is 1. The van der Waals surface area contributed by atoms with Crippen LogP contribution in [-0.4, -0.2) is 54.9 Å². The Morgan fingerprint density at radius 1 is 1.16 bits per heavy atom. The summed E-state index contributed by atoms with van der Waals surface area (Å²) in [4.78, 5) is 21.0. The summed E-state index contributed by atoms with van der Waals surface area (Å²) in [6.45, 7) is 5.75. The molecule has 1 aromatic rings. The van der Waals surface area contributed by atoms with E-state index in [0.717, 1.165) is 58.1 Å². The molecule has 2 aliphatic heterocycles. The maximum absolute atomic E-state index is 11.6. The van der Waals surface area contributed by atoms with E-state index in [2.05, 4.69) is 44.4 Å². The number of guanidine groups is 1. The molecule has 1 aromatic carbocycles. The van der Waals surface area contributed by atoms with Gasteiger partial charge < -0.3 is 16.0 Å². The number of carbonyl (C=O) groups is 1. The van der Waals surface area contributed by atoms with Crippen LogP contribution in [0.1, 0.15) is 62.5 Å². The van der Waals surface area contributed by atoms with E-state index in [9.17, 15) is 4.79 Å². The molecule has 6 heteroatoms. The Morgan fingerprint density at radius 2 is 1.97 bits per heavy atom. The Labute approximate surface area is 187 Å². The van der Waals surface area contributed by atoms with Gasteiger partial charge in [0.1, 0.15) is 0 Å². The molecule has 4 rings (SSSR count). The normalized spacial score (nSPS) is 24.5. The van der Waals surface area contributed by atoms with Crippen LogP contribution in [0.25, 0.3) is 0 Å². The minimum absolute atomic E-state index is 0.00478. The van der Waals surface area contributed by atoms with Crippen LogP contribution in [0.3, 0.4) is 0 Å². The van der Waals surface area contributed by atoms with Crippen LogP contribution in [-0.2, 0) is 17.9 Å². The number of aliphatic imine (C=N–C) groups is 1. The fourth-order valence-electron chi connectivity index (χ4n) is 5.87. The molecule has 0 aromatic heterocycles. The molecule has 2 saturated heterocycles. The molecule has 3 fully saturated rings. The maximum atomic E-state index is 11.6. The number of likely N-dealkylation sites (tertiary alicyclic amines) is 2. The highest BCUT2D eigenvalue weighted by atomic mass is 16.1. The number of piperidine rings is 1. The Kier molecular flexibility index (Phi) is 7.16. The van der Waals surface area contributed by atoms with Crippen LogP contribution < -0.4 is 11.1 Å². The van der Waals surface area contributed by atoms with Gasteiger partial charge in [-0.3, -0.25) is 14.7 Å². The summed E-state index contributed by atoms with van der Waals surface area (Å²) in [5, 5.41) is 3.60. The van der Waals surface area contributed by atoms with Crippen molar-refractivity contribution < 1.29 is 4.79 Å². The van der Waals surface area contributed by atoms with E-state index < -0.39 is 0 Å². The van der Waals surface area contributed by atoms with E-state index in [4.69, 9.17) is 5.73 Å². The number of nitrogens with two attached hydrogens (primary N) is 1. The standard InChI is InChI=1S/C25H39N5O/c1-27-24(30-14-12-25(19-30)10-3-2-4-11-25)28-16-20-7-5-8-21(15-20)17-29-13-6-9-22(18-29)23(26)31/h5,7-8,15,22H,2-4,6,9-14,16-19H2,1H3,(H2,26,31)(H,27,28). The van der Waals surface area contributed by atoms with Crippen molar-refractivity contribution in [2.75, 3.05) is 33.2 Å². The zero-order valence-corrected chi connectivity index (χ0v) is 19.1. The first kappa shape index (κ1) is 22.1. The summed E-state index contributed by atoms with van der Waals surface area (Å²) in [5.41, 5.74) is 8.64. The zero-order valence-electron chi connectivity index (χ0n) is 19.1. The molecule has 1 amide bonds. The lowest BCUT2D eigenvalue weighted by Crippen LogP contribution is -2.41. The Balaban J connectivity index is 1.31. The van der Waals surface area contributed by atoms with E-state index in [-0.39, 0.29) is 11.8 Å². The van der Waals surface area contributed by atoms with E-state index in [0.29, 0.717) is 5.41 Å². The lowest BCUT2D eigenvalue weighted by molar-refractivity contribution is -0.123. The fraction of sp³-hybridized carbons (Fsp3) is 0.680. The highest BCUT2D eigenvalue weighted by Gasteiger charge is 2.39. The van der Waals surface area contributed by atoms with Crippen LogP contribution in [0.2, 0.25) is 0 Å². The fourth-order valence-corrected chi connectivity index (χ4v) is 5.87. The number of hydrogen-bond acceptors (Lipinski definition) is 3. The van der Waals surface area contributed by atoms with Gasteiger partial charge in [0.25, 0.3) is 0 Å². The van der Waals surface area contributed by atoms with Crippen molar-refractivity contribution >= 4 is 11.9 Å². The number of amides is 1. The second kappa shape index (κ2) is 10.0. The zero-order chi connectivity index (χ0) is 21.7. The van der Waals surface area contributed by atoms with Gasteiger partial charge in [-0.25, -0.2) is 0 Å². The maximum Gasteiger partial charge on any atom is 0.221 e. The largest absolute Gasteiger partial charge is 0.369 e. The van der Waals surface area contributed by atoms with E-state index in [1.54, 1.807) is 0 Å². The minimum Gasteiger partial charge on any atom is -0.369 e. The molecule has 6 nitrogen and oxygen atoms in total. The van der Waals surface area contributed by atoms with Gasteiger partial charge in [0.2, 0.25) is 5.91 Å². The van der Waals surface area contributed by atoms with Gasteiger partial charge in [-0.15, -0.1) is 0 Å². The third-order valence-corrected chi connectivity index (χ3v) is 7.62. The third-order valence-electron chi connectivity index (χ3n) is 7.62. The minimum atomic E-state index is -0.161. The first-order chi connectivity index (χ1) is 15.1. The Bertz CT molecular complexity index is 786. The molecular formula is C25H39N5O. The Morgan fingerprint density at radius 3 is 2.74 bits per heavy atom. The van der Waals surface area contributed by atoms with E-state index >= 15 is 0 Å². The molecular weight excluding hydrogens is 386 g/mol. The molecule has 1 saturated carbocycles. The van der Waals surface area contributed by atoms with E-state index in [1.165, 1.54) is 49.7 Å². The van der Waals surface area contributed by atoms with Gasteiger partial charge in [-0.05, 0) is 55.2 Å². The van der Waals surface area contributed by atoms with E-state index in [1.807, 2.05) is 7.05 Å². The number of benzene rings is 1. The van der Waals surface area contributed by atoms with Crippen molar-refractivity contribution in [3.63, 3.8) is 0 Å². The molecule has 1 atom stereocenters. The van der Waals surface area contributed by atoms with Crippen molar-refractivity contribution in [3.8, 4) is 0 Å². The predicted octanol–water partition coefficient (Wildman–Crippen LogP) is 3.12. The summed E-state index contributed by atoms with van der Waals surface area (Å²) in [6, 6.07) is 8.77. The number of hydrogen-bond donors (Lipinski definition) is 2. The number of rotatable bonds is 5. The van der Waals surface area contributed by atoms with Crippen LogP contribution in [0.5, 0.6) is 0 Å². The summed E-state index contributed by atoms with van der Waals surface area (Å²) in [7, 11) is 1.90. The summed E-state index contributed by atoms with van der Waals surface area (Å²) >= 11 is 0. The predicted molar refractivity (Wildman–Crippen MR) is 126 cm³/mol. The van der Waals surface area contributed by atoms with Gasteiger partial charge in [0, 0.05) is 39.8 Å². The molecule has 3 N–H and O–H groups in total. The monoisotopic (exact) mass is 425 g/mol. The molecule has 1 spiro atoms. The third kappa shape index (κ3) is 5.59. The highest BCUT2D eigenvalue weighted by molar-refractivity contribution is 5.80. The van der Waals surface area contributed by atoms with Crippen LogP contribution in [0.15, 0.2) is 29.3 Å². The second-order valence-corrected chi connectivity index (χ2v) is 9.93. The van der Waals surface area contributed by atoms with Crippen LogP contribution in [0, 0.1) is 11.3 Å². The quantitative estimate of drug-likeness (QED) is 0.562. The average Bonchev–Trinajstić information content (AvgIpc) is 3.18.